The van der Waals surface area contributed by atoms with Crippen molar-refractivity contribution in [3.8, 4) is 0 Å². The molecule has 2 fully saturated rings. The van der Waals surface area contributed by atoms with Gasteiger partial charge < -0.3 is 11.1 Å². The number of fused-ring (bicyclic) bond motifs is 2. The van der Waals surface area contributed by atoms with Crippen LogP contribution in [-0.4, -0.2) is 16.9 Å². The van der Waals surface area contributed by atoms with Crippen molar-refractivity contribution in [1.82, 2.24) is 5.32 Å². The summed E-state index contributed by atoms with van der Waals surface area (Å²) in [6, 6.07) is 7.44. The lowest BCUT2D eigenvalue weighted by Gasteiger charge is -2.28. The van der Waals surface area contributed by atoms with Gasteiger partial charge in [0.1, 0.15) is 4.99 Å². The molecule has 1 aromatic rings. The van der Waals surface area contributed by atoms with Crippen molar-refractivity contribution >= 4 is 23.1 Å². The van der Waals surface area contributed by atoms with Crippen molar-refractivity contribution in [1.29, 1.82) is 0 Å². The fourth-order valence-electron chi connectivity index (χ4n) is 4.09. The van der Waals surface area contributed by atoms with Crippen molar-refractivity contribution in [3.63, 3.8) is 0 Å². The minimum absolute atomic E-state index is 0.000219. The number of nitrogens with two attached hydrogens (primary N) is 1. The van der Waals surface area contributed by atoms with E-state index in [2.05, 4.69) is 12.2 Å². The van der Waals surface area contributed by atoms with Gasteiger partial charge in [-0.2, -0.15) is 0 Å². The molecule has 0 radical (unpaired) electrons. The van der Waals surface area contributed by atoms with Gasteiger partial charge in [-0.15, -0.1) is 0 Å². The van der Waals surface area contributed by atoms with Crippen LogP contribution in [0.25, 0.3) is 0 Å². The molecule has 1 amide bonds. The average molecular weight is 302 g/mol. The van der Waals surface area contributed by atoms with Gasteiger partial charge in [0.05, 0.1) is 0 Å². The molecule has 0 aromatic heterocycles. The van der Waals surface area contributed by atoms with E-state index < -0.39 is 0 Å². The molecule has 0 spiro atoms. The van der Waals surface area contributed by atoms with Crippen molar-refractivity contribution < 1.29 is 4.79 Å². The molecule has 2 saturated carbocycles. The summed E-state index contributed by atoms with van der Waals surface area (Å²) >= 11 is 4.92. The van der Waals surface area contributed by atoms with Crippen molar-refractivity contribution in [3.05, 3.63) is 35.4 Å². The molecular formula is C17H22N2OS. The summed E-state index contributed by atoms with van der Waals surface area (Å²) in [6.45, 7) is 2.15. The number of benzene rings is 1. The Labute approximate surface area is 131 Å². The maximum absolute atomic E-state index is 12.3. The molecular weight excluding hydrogens is 280 g/mol. The first kappa shape index (κ1) is 14.5. The minimum Gasteiger partial charge on any atom is -0.389 e. The number of amides is 1. The molecule has 0 heterocycles. The van der Waals surface area contributed by atoms with Gasteiger partial charge in [0.15, 0.2) is 0 Å². The zero-order chi connectivity index (χ0) is 15.0. The quantitative estimate of drug-likeness (QED) is 0.841. The fraction of sp³-hybridized carbons (Fsp3) is 0.529. The summed E-state index contributed by atoms with van der Waals surface area (Å²) in [6.07, 6.45) is 5.39. The van der Waals surface area contributed by atoms with Crippen molar-refractivity contribution in [2.24, 2.45) is 23.5 Å². The van der Waals surface area contributed by atoms with E-state index in [1.807, 2.05) is 0 Å². The first-order valence-corrected chi connectivity index (χ1v) is 8.16. The highest BCUT2D eigenvalue weighted by atomic mass is 32.1. The largest absolute Gasteiger partial charge is 0.389 e. The average Bonchev–Trinajstić information content (AvgIpc) is 3.10. The van der Waals surface area contributed by atoms with Gasteiger partial charge in [0.2, 0.25) is 0 Å². The number of carbonyl (C=O) groups excluding carboxylic acids is 1. The van der Waals surface area contributed by atoms with Gasteiger partial charge in [0.25, 0.3) is 5.91 Å². The first-order valence-electron chi connectivity index (χ1n) is 7.75. The molecule has 0 saturated heterocycles. The number of hydrogen-bond donors (Lipinski definition) is 2. The van der Waals surface area contributed by atoms with E-state index >= 15 is 0 Å². The number of thiocarbonyl (C=S) groups is 1. The van der Waals surface area contributed by atoms with E-state index in [1.165, 1.54) is 25.7 Å². The molecule has 112 valence electrons. The van der Waals surface area contributed by atoms with Crippen LogP contribution in [0.3, 0.4) is 0 Å². The van der Waals surface area contributed by atoms with Crippen LogP contribution in [-0.2, 0) is 0 Å². The third-order valence-electron chi connectivity index (χ3n) is 5.23. The molecule has 3 N–H and O–H groups in total. The maximum atomic E-state index is 12.3. The molecule has 1 aromatic carbocycles. The smallest absolute Gasteiger partial charge is 0.251 e. The van der Waals surface area contributed by atoms with Gasteiger partial charge in [-0.05, 0) is 56.1 Å². The number of hydrogen-bond acceptors (Lipinski definition) is 2. The third kappa shape index (κ3) is 2.95. The minimum atomic E-state index is -0.000219. The molecule has 21 heavy (non-hydrogen) atoms. The molecule has 3 rings (SSSR count). The molecule has 0 aliphatic heterocycles. The summed E-state index contributed by atoms with van der Waals surface area (Å²) in [5.41, 5.74) is 7.03. The number of nitrogens with one attached hydrogen (secondary N) is 1. The lowest BCUT2D eigenvalue weighted by atomic mass is 9.84. The van der Waals surface area contributed by atoms with Crippen molar-refractivity contribution in [2.75, 3.05) is 0 Å². The van der Waals surface area contributed by atoms with Crippen molar-refractivity contribution in [2.45, 2.75) is 38.6 Å². The van der Waals surface area contributed by atoms with Crippen LogP contribution in [0.5, 0.6) is 0 Å². The standard InChI is InChI=1S/C17H22N2OS/c1-10(15-9-11-2-3-14(15)8-11)19-17(20)13-6-4-12(5-7-13)16(18)21/h4-7,10-11,14-15H,2-3,8-9H2,1H3,(H2,18,21)(H,19,20). The topological polar surface area (TPSA) is 55.1 Å². The maximum Gasteiger partial charge on any atom is 0.251 e. The van der Waals surface area contributed by atoms with Crippen LogP contribution in [0.2, 0.25) is 0 Å². The second kappa shape index (κ2) is 5.76. The summed E-state index contributed by atoms with van der Waals surface area (Å²) < 4.78 is 0. The molecule has 2 bridgehead atoms. The van der Waals surface area contributed by atoms with Crippen LogP contribution in [0.4, 0.5) is 0 Å². The third-order valence-corrected chi connectivity index (χ3v) is 5.46. The number of carbonyl (C=O) groups is 1. The fourth-order valence-corrected chi connectivity index (χ4v) is 4.23. The molecule has 2 aliphatic rings. The van der Waals surface area contributed by atoms with Gasteiger partial charge >= 0.3 is 0 Å². The summed E-state index contributed by atoms with van der Waals surface area (Å²) in [5.74, 6) is 2.38. The Hall–Kier alpha value is -1.42. The van der Waals surface area contributed by atoms with Crippen LogP contribution in [0.15, 0.2) is 24.3 Å². The van der Waals surface area contributed by atoms with Gasteiger partial charge in [-0.25, -0.2) is 0 Å². The predicted molar refractivity (Wildman–Crippen MR) is 88.2 cm³/mol. The Bertz CT molecular complexity index is 554. The monoisotopic (exact) mass is 302 g/mol. The molecule has 4 heteroatoms. The number of rotatable bonds is 4. The lowest BCUT2D eigenvalue weighted by Crippen LogP contribution is -2.40. The zero-order valence-electron chi connectivity index (χ0n) is 12.3. The van der Waals surface area contributed by atoms with E-state index in [4.69, 9.17) is 18.0 Å². The summed E-state index contributed by atoms with van der Waals surface area (Å²) in [5, 5.41) is 3.17. The second-order valence-corrected chi connectivity index (χ2v) is 6.98. The highest BCUT2D eigenvalue weighted by molar-refractivity contribution is 7.80. The normalized spacial score (nSPS) is 28.3. The van der Waals surface area contributed by atoms with E-state index in [9.17, 15) is 4.79 Å². The Kier molecular flexibility index (Phi) is 3.98. The highest BCUT2D eigenvalue weighted by Gasteiger charge is 2.42. The Morgan fingerprint density at radius 2 is 1.90 bits per heavy atom. The van der Waals surface area contributed by atoms with Crippen LogP contribution >= 0.6 is 12.2 Å². The molecule has 4 atom stereocenters. The highest BCUT2D eigenvalue weighted by Crippen LogP contribution is 2.49. The summed E-state index contributed by atoms with van der Waals surface area (Å²) in [4.78, 5) is 12.7. The van der Waals surface area contributed by atoms with E-state index in [0.717, 1.165) is 17.4 Å². The van der Waals surface area contributed by atoms with Gasteiger partial charge in [-0.1, -0.05) is 30.8 Å². The van der Waals surface area contributed by atoms with Crippen LogP contribution in [0.1, 0.15) is 48.5 Å². The van der Waals surface area contributed by atoms with E-state index in [1.54, 1.807) is 24.3 Å². The zero-order valence-corrected chi connectivity index (χ0v) is 13.2. The van der Waals surface area contributed by atoms with Gasteiger partial charge in [0, 0.05) is 17.2 Å². The summed E-state index contributed by atoms with van der Waals surface area (Å²) in [7, 11) is 0. The van der Waals surface area contributed by atoms with Gasteiger partial charge in [-0.3, -0.25) is 4.79 Å². The molecule has 3 nitrogen and oxygen atoms in total. The van der Waals surface area contributed by atoms with Crippen LogP contribution < -0.4 is 11.1 Å². The Balaban J connectivity index is 1.61. The second-order valence-electron chi connectivity index (χ2n) is 6.54. The first-order chi connectivity index (χ1) is 10.0. The lowest BCUT2D eigenvalue weighted by molar-refractivity contribution is 0.0915. The van der Waals surface area contributed by atoms with E-state index in [0.29, 0.717) is 16.5 Å². The Morgan fingerprint density at radius 1 is 1.24 bits per heavy atom. The predicted octanol–water partition coefficient (Wildman–Crippen LogP) is 2.88. The Morgan fingerprint density at radius 3 is 2.43 bits per heavy atom. The molecule has 2 aliphatic carbocycles. The van der Waals surface area contributed by atoms with Crippen LogP contribution in [0, 0.1) is 17.8 Å². The SMILES string of the molecule is CC(NC(=O)c1ccc(C(N)=S)cc1)C1CC2CCC1C2. The van der Waals surface area contributed by atoms with E-state index in [-0.39, 0.29) is 11.9 Å². The molecule has 4 unspecified atom stereocenters.